The van der Waals surface area contributed by atoms with Crippen molar-refractivity contribution in [1.82, 2.24) is 0 Å². The van der Waals surface area contributed by atoms with Gasteiger partial charge in [-0.05, 0) is 36.8 Å². The van der Waals surface area contributed by atoms with Gasteiger partial charge in [-0.25, -0.2) is 0 Å². The Bertz CT molecular complexity index is 299. The maximum Gasteiger partial charge on any atom is 0.160 e. The van der Waals surface area contributed by atoms with Gasteiger partial charge in [0.2, 0.25) is 0 Å². The van der Waals surface area contributed by atoms with Crippen molar-refractivity contribution in [3.8, 4) is 11.5 Å². The van der Waals surface area contributed by atoms with Gasteiger partial charge < -0.3 is 10.2 Å². The van der Waals surface area contributed by atoms with Crippen molar-refractivity contribution in [3.05, 3.63) is 23.3 Å². The van der Waals surface area contributed by atoms with Crippen LogP contribution in [0.3, 0.4) is 0 Å². The number of rotatable bonds is 6. The molecular weight excluding hydrogens is 200 g/mol. The molecule has 0 heterocycles. The van der Waals surface area contributed by atoms with Crippen LogP contribution in [0, 0.1) is 0 Å². The van der Waals surface area contributed by atoms with E-state index in [2.05, 4.69) is 13.8 Å². The van der Waals surface area contributed by atoms with E-state index >= 15 is 0 Å². The molecule has 0 saturated carbocycles. The average molecular weight is 222 g/mol. The Kier molecular flexibility index (Phi) is 5.17. The molecule has 0 aliphatic heterocycles. The van der Waals surface area contributed by atoms with Gasteiger partial charge in [-0.1, -0.05) is 38.8 Å². The molecule has 90 valence electrons. The molecule has 1 aromatic rings. The molecule has 0 bridgehead atoms. The van der Waals surface area contributed by atoms with Crippen LogP contribution >= 0.6 is 0 Å². The third kappa shape index (κ3) is 3.16. The van der Waals surface area contributed by atoms with Gasteiger partial charge in [0.15, 0.2) is 11.5 Å². The van der Waals surface area contributed by atoms with Crippen LogP contribution in [0.25, 0.3) is 0 Å². The Balaban J connectivity index is 2.81. The summed E-state index contributed by atoms with van der Waals surface area (Å²) in [5, 5.41) is 19.7. The molecule has 0 aliphatic carbocycles. The first-order chi connectivity index (χ1) is 7.70. The summed E-state index contributed by atoms with van der Waals surface area (Å²) in [6, 6.07) is 3.88. The third-order valence-corrected chi connectivity index (χ3v) is 2.92. The van der Waals surface area contributed by atoms with Crippen molar-refractivity contribution in [2.24, 2.45) is 0 Å². The maximum atomic E-state index is 9.85. The topological polar surface area (TPSA) is 40.5 Å². The smallest absolute Gasteiger partial charge is 0.160 e. The Morgan fingerprint density at radius 3 is 1.50 bits per heavy atom. The van der Waals surface area contributed by atoms with Gasteiger partial charge in [0.1, 0.15) is 0 Å². The molecule has 2 heteroatoms. The van der Waals surface area contributed by atoms with Crippen LogP contribution in [-0.4, -0.2) is 10.2 Å². The van der Waals surface area contributed by atoms with E-state index in [9.17, 15) is 10.2 Å². The predicted octanol–water partition coefficient (Wildman–Crippen LogP) is 3.78. The van der Waals surface area contributed by atoms with E-state index in [0.29, 0.717) is 0 Å². The highest BCUT2D eigenvalue weighted by atomic mass is 16.3. The molecule has 16 heavy (non-hydrogen) atoms. The fourth-order valence-electron chi connectivity index (χ4n) is 1.80. The molecule has 0 saturated heterocycles. The highest BCUT2D eigenvalue weighted by molar-refractivity contribution is 5.50. The molecule has 0 atom stereocenters. The highest BCUT2D eigenvalue weighted by Crippen LogP contribution is 2.34. The van der Waals surface area contributed by atoms with Gasteiger partial charge in [-0.3, -0.25) is 0 Å². The highest BCUT2D eigenvalue weighted by Gasteiger charge is 2.10. The Morgan fingerprint density at radius 2 is 1.19 bits per heavy atom. The number of aryl methyl sites for hydroxylation is 2. The second kappa shape index (κ2) is 6.41. The number of phenolic OH excluding ortho intramolecular Hbond substituents is 2. The minimum Gasteiger partial charge on any atom is -0.504 e. The summed E-state index contributed by atoms with van der Waals surface area (Å²) < 4.78 is 0. The molecule has 0 unspecified atom stereocenters. The lowest BCUT2D eigenvalue weighted by atomic mass is 10.0. The normalized spacial score (nSPS) is 10.6. The minimum atomic E-state index is 0.0852. The number of phenols is 2. The summed E-state index contributed by atoms with van der Waals surface area (Å²) in [5.41, 5.74) is 1.72. The van der Waals surface area contributed by atoms with E-state index in [1.165, 1.54) is 0 Å². The second-order valence-corrected chi connectivity index (χ2v) is 4.29. The quantitative estimate of drug-likeness (QED) is 0.719. The molecular formula is C14H22O2. The van der Waals surface area contributed by atoms with Crippen LogP contribution in [0.2, 0.25) is 0 Å². The molecule has 0 spiro atoms. The lowest BCUT2D eigenvalue weighted by Gasteiger charge is -2.10. The second-order valence-electron chi connectivity index (χ2n) is 4.29. The molecule has 2 N–H and O–H groups in total. The van der Waals surface area contributed by atoms with Crippen LogP contribution in [0.5, 0.6) is 11.5 Å². The summed E-state index contributed by atoms with van der Waals surface area (Å²) in [5.74, 6) is 0.170. The van der Waals surface area contributed by atoms with Crippen LogP contribution in [0.4, 0.5) is 0 Å². The summed E-state index contributed by atoms with van der Waals surface area (Å²) in [6.07, 6.45) is 5.95. The molecule has 0 fully saturated rings. The third-order valence-electron chi connectivity index (χ3n) is 2.92. The van der Waals surface area contributed by atoms with E-state index < -0.39 is 0 Å². The fraction of sp³-hybridized carbons (Fsp3) is 0.571. The van der Waals surface area contributed by atoms with Gasteiger partial charge in [0.25, 0.3) is 0 Å². The Morgan fingerprint density at radius 1 is 0.812 bits per heavy atom. The zero-order valence-electron chi connectivity index (χ0n) is 10.3. The van der Waals surface area contributed by atoms with E-state index in [1.807, 2.05) is 12.1 Å². The number of benzene rings is 1. The van der Waals surface area contributed by atoms with E-state index in [0.717, 1.165) is 49.7 Å². The molecule has 0 radical (unpaired) electrons. The van der Waals surface area contributed by atoms with Crippen molar-refractivity contribution >= 4 is 0 Å². The lowest BCUT2D eigenvalue weighted by Crippen LogP contribution is -1.91. The number of unbranched alkanes of at least 4 members (excludes halogenated alkanes) is 2. The lowest BCUT2D eigenvalue weighted by molar-refractivity contribution is 0.394. The van der Waals surface area contributed by atoms with E-state index in [1.54, 1.807) is 0 Å². The fourth-order valence-corrected chi connectivity index (χ4v) is 1.80. The van der Waals surface area contributed by atoms with Gasteiger partial charge >= 0.3 is 0 Å². The standard InChI is InChI=1S/C14H22O2/c1-3-5-7-11-9-10-12(8-6-4-2)14(16)13(11)15/h9-10,15-16H,3-8H2,1-2H3. The number of hydrogen-bond acceptors (Lipinski definition) is 2. The summed E-state index contributed by atoms with van der Waals surface area (Å²) >= 11 is 0. The van der Waals surface area contributed by atoms with E-state index in [-0.39, 0.29) is 11.5 Å². The van der Waals surface area contributed by atoms with E-state index in [4.69, 9.17) is 0 Å². The summed E-state index contributed by atoms with van der Waals surface area (Å²) in [6.45, 7) is 4.24. The van der Waals surface area contributed by atoms with Gasteiger partial charge in [0, 0.05) is 0 Å². The van der Waals surface area contributed by atoms with Gasteiger partial charge in [-0.2, -0.15) is 0 Å². The van der Waals surface area contributed by atoms with Gasteiger partial charge in [0.05, 0.1) is 0 Å². The number of hydrogen-bond donors (Lipinski definition) is 2. The van der Waals surface area contributed by atoms with Crippen LogP contribution < -0.4 is 0 Å². The monoisotopic (exact) mass is 222 g/mol. The van der Waals surface area contributed by atoms with Crippen molar-refractivity contribution in [3.63, 3.8) is 0 Å². The summed E-state index contributed by atoms with van der Waals surface area (Å²) in [7, 11) is 0. The SMILES string of the molecule is CCCCc1ccc(CCCC)c(O)c1O. The minimum absolute atomic E-state index is 0.0852. The Hall–Kier alpha value is -1.18. The van der Waals surface area contributed by atoms with Crippen LogP contribution in [0.1, 0.15) is 50.7 Å². The number of aromatic hydroxyl groups is 2. The maximum absolute atomic E-state index is 9.85. The summed E-state index contributed by atoms with van der Waals surface area (Å²) in [4.78, 5) is 0. The largest absolute Gasteiger partial charge is 0.504 e. The molecule has 2 nitrogen and oxygen atoms in total. The molecule has 0 aliphatic rings. The van der Waals surface area contributed by atoms with Gasteiger partial charge in [-0.15, -0.1) is 0 Å². The molecule has 0 amide bonds. The van der Waals surface area contributed by atoms with Crippen LogP contribution in [-0.2, 0) is 12.8 Å². The Labute approximate surface area is 97.9 Å². The van der Waals surface area contributed by atoms with Crippen LogP contribution in [0.15, 0.2) is 12.1 Å². The van der Waals surface area contributed by atoms with Crippen molar-refractivity contribution in [2.75, 3.05) is 0 Å². The average Bonchev–Trinajstić information content (AvgIpc) is 2.30. The first-order valence-electron chi connectivity index (χ1n) is 6.23. The predicted molar refractivity (Wildman–Crippen MR) is 67.0 cm³/mol. The van der Waals surface area contributed by atoms with Crippen molar-refractivity contribution < 1.29 is 10.2 Å². The molecule has 1 aromatic carbocycles. The molecule has 1 rings (SSSR count). The zero-order chi connectivity index (χ0) is 12.0. The first kappa shape index (κ1) is 12.9. The van der Waals surface area contributed by atoms with Crippen molar-refractivity contribution in [2.45, 2.75) is 52.4 Å². The van der Waals surface area contributed by atoms with Crippen molar-refractivity contribution in [1.29, 1.82) is 0 Å². The molecule has 0 aromatic heterocycles. The first-order valence-corrected chi connectivity index (χ1v) is 6.23. The zero-order valence-corrected chi connectivity index (χ0v) is 10.3.